The van der Waals surface area contributed by atoms with E-state index in [9.17, 15) is 4.79 Å². The fourth-order valence-electron chi connectivity index (χ4n) is 2.99. The predicted octanol–water partition coefficient (Wildman–Crippen LogP) is 6.30. The molecule has 23 heavy (non-hydrogen) atoms. The molecule has 134 valence electrons. The summed E-state index contributed by atoms with van der Waals surface area (Å²) >= 11 is 0. The number of carbonyl (C=O) groups is 1. The van der Waals surface area contributed by atoms with Gasteiger partial charge in [-0.25, -0.2) is 4.79 Å². The van der Waals surface area contributed by atoms with Gasteiger partial charge in [-0.3, -0.25) is 0 Å². The molecule has 0 amide bonds. The van der Waals surface area contributed by atoms with Crippen LogP contribution in [0.5, 0.6) is 0 Å². The van der Waals surface area contributed by atoms with Crippen molar-refractivity contribution >= 4 is 43.7 Å². The first-order valence-electron chi connectivity index (χ1n) is 9.21. The minimum absolute atomic E-state index is 0. The molecule has 0 radical (unpaired) electrons. The van der Waals surface area contributed by atoms with Crippen LogP contribution in [-0.4, -0.2) is 48.8 Å². The Hall–Kier alpha value is 0.470. The SMILES string of the molecule is C/C(=C\C(=O)O)CCC[C@H](C)CCC[C@H](C)CCCC(C)C.[Ca+2].[H-].[H-]. The van der Waals surface area contributed by atoms with Gasteiger partial charge in [-0.1, -0.05) is 78.2 Å². The van der Waals surface area contributed by atoms with E-state index in [4.69, 9.17) is 5.11 Å². The number of hydrogen-bond acceptors (Lipinski definition) is 1. The van der Waals surface area contributed by atoms with Crippen LogP contribution in [0.1, 0.15) is 95.3 Å². The quantitative estimate of drug-likeness (QED) is 0.312. The third-order valence-electron chi connectivity index (χ3n) is 4.51. The van der Waals surface area contributed by atoms with Crippen molar-refractivity contribution in [3.05, 3.63) is 11.6 Å². The van der Waals surface area contributed by atoms with Crippen molar-refractivity contribution in [3.8, 4) is 0 Å². The second-order valence-corrected chi connectivity index (χ2v) is 7.69. The Morgan fingerprint density at radius 3 is 1.78 bits per heavy atom. The Morgan fingerprint density at radius 1 is 0.913 bits per heavy atom. The minimum Gasteiger partial charge on any atom is -1.00 e. The van der Waals surface area contributed by atoms with Crippen molar-refractivity contribution in [2.24, 2.45) is 17.8 Å². The molecular formula is C20H40CaO2. The van der Waals surface area contributed by atoms with Crippen LogP contribution in [0.4, 0.5) is 0 Å². The van der Waals surface area contributed by atoms with Crippen LogP contribution in [-0.2, 0) is 4.79 Å². The van der Waals surface area contributed by atoms with E-state index in [0.717, 1.165) is 36.2 Å². The molecule has 0 unspecified atom stereocenters. The van der Waals surface area contributed by atoms with Gasteiger partial charge >= 0.3 is 43.7 Å². The molecule has 1 N–H and O–H groups in total. The molecule has 0 spiro atoms. The van der Waals surface area contributed by atoms with Gasteiger partial charge in [0.05, 0.1) is 0 Å². The Labute approximate surface area is 177 Å². The van der Waals surface area contributed by atoms with Crippen LogP contribution < -0.4 is 0 Å². The first-order chi connectivity index (χ1) is 10.3. The summed E-state index contributed by atoms with van der Waals surface area (Å²) < 4.78 is 0. The molecule has 3 heteroatoms. The van der Waals surface area contributed by atoms with Gasteiger partial charge in [0.2, 0.25) is 0 Å². The number of carboxylic acid groups (broad SMARTS) is 1. The molecule has 0 aromatic carbocycles. The van der Waals surface area contributed by atoms with E-state index in [2.05, 4.69) is 27.7 Å². The number of hydrogen-bond donors (Lipinski definition) is 1. The Kier molecular flexibility index (Phi) is 17.8. The van der Waals surface area contributed by atoms with E-state index >= 15 is 0 Å². The van der Waals surface area contributed by atoms with Crippen molar-refractivity contribution in [2.75, 3.05) is 0 Å². The number of allylic oxidation sites excluding steroid dienone is 1. The maximum atomic E-state index is 10.5. The molecule has 0 aliphatic carbocycles. The number of aliphatic carboxylic acids is 1. The molecule has 2 nitrogen and oxygen atoms in total. The standard InChI is InChI=1S/C20H38O2.Ca.2H/c1-16(2)9-6-10-17(3)11-7-12-18(4)13-8-14-19(5)15-20(21)22;;;/h15-18H,6-14H2,1-5H3,(H,21,22);;;/q;+2;2*-1/b19-15+;;;/t17-,18-;;;/m1.../s1. The zero-order valence-corrected chi connectivity index (χ0v) is 18.4. The van der Waals surface area contributed by atoms with Crippen LogP contribution in [0.3, 0.4) is 0 Å². The maximum absolute atomic E-state index is 10.5. The van der Waals surface area contributed by atoms with E-state index in [0.29, 0.717) is 0 Å². The van der Waals surface area contributed by atoms with E-state index in [1.54, 1.807) is 0 Å². The fraction of sp³-hybridized carbons (Fsp3) is 0.850. The summed E-state index contributed by atoms with van der Waals surface area (Å²) in [7, 11) is 0. The normalized spacial score (nSPS) is 14.4. The van der Waals surface area contributed by atoms with Gasteiger partial charge in [0.1, 0.15) is 0 Å². The zero-order chi connectivity index (χ0) is 17.0. The maximum Gasteiger partial charge on any atom is 2.00 e. The Balaban J connectivity index is -0.000000735. The molecule has 0 saturated carbocycles. The summed E-state index contributed by atoms with van der Waals surface area (Å²) in [6.07, 6.45) is 12.7. The van der Waals surface area contributed by atoms with Gasteiger partial charge < -0.3 is 7.96 Å². The summed E-state index contributed by atoms with van der Waals surface area (Å²) in [5.41, 5.74) is 0.985. The minimum atomic E-state index is -0.822. The average Bonchev–Trinajstić information content (AvgIpc) is 2.37. The summed E-state index contributed by atoms with van der Waals surface area (Å²) in [6.45, 7) is 11.3. The van der Waals surface area contributed by atoms with Gasteiger partial charge in [-0.2, -0.15) is 0 Å². The molecule has 2 atom stereocenters. The van der Waals surface area contributed by atoms with Crippen molar-refractivity contribution in [1.29, 1.82) is 0 Å². The van der Waals surface area contributed by atoms with Gasteiger partial charge in [0.15, 0.2) is 0 Å². The average molecular weight is 353 g/mol. The van der Waals surface area contributed by atoms with Crippen molar-refractivity contribution in [3.63, 3.8) is 0 Å². The van der Waals surface area contributed by atoms with Crippen LogP contribution in [0, 0.1) is 17.8 Å². The van der Waals surface area contributed by atoms with Gasteiger partial charge in [-0.05, 0) is 37.5 Å². The second-order valence-electron chi connectivity index (χ2n) is 7.69. The Bertz CT molecular complexity index is 334. The first-order valence-corrected chi connectivity index (χ1v) is 9.21. The third kappa shape index (κ3) is 18.6. The Morgan fingerprint density at radius 2 is 1.35 bits per heavy atom. The molecule has 0 fully saturated rings. The van der Waals surface area contributed by atoms with Crippen molar-refractivity contribution in [2.45, 2.75) is 92.4 Å². The summed E-state index contributed by atoms with van der Waals surface area (Å²) in [5.74, 6) is 1.65. The largest absolute Gasteiger partial charge is 2.00 e. The molecular weight excluding hydrogens is 312 g/mol. The smallest absolute Gasteiger partial charge is 1.00 e. The van der Waals surface area contributed by atoms with E-state index in [1.807, 2.05) is 6.92 Å². The van der Waals surface area contributed by atoms with Crippen LogP contribution >= 0.6 is 0 Å². The number of carboxylic acids is 1. The molecule has 0 rings (SSSR count). The van der Waals surface area contributed by atoms with E-state index < -0.39 is 5.97 Å². The first kappa shape index (κ1) is 25.7. The zero-order valence-electron chi connectivity index (χ0n) is 18.2. The summed E-state index contributed by atoms with van der Waals surface area (Å²) in [5, 5.41) is 8.68. The summed E-state index contributed by atoms with van der Waals surface area (Å²) in [4.78, 5) is 10.5. The molecule has 0 aliphatic heterocycles. The van der Waals surface area contributed by atoms with Crippen LogP contribution in [0.2, 0.25) is 0 Å². The topological polar surface area (TPSA) is 37.3 Å². The van der Waals surface area contributed by atoms with E-state index in [-0.39, 0.29) is 40.6 Å². The van der Waals surface area contributed by atoms with Crippen LogP contribution in [0.25, 0.3) is 0 Å². The summed E-state index contributed by atoms with van der Waals surface area (Å²) in [6, 6.07) is 0. The monoisotopic (exact) mass is 352 g/mol. The predicted molar refractivity (Wildman–Crippen MR) is 104 cm³/mol. The number of rotatable bonds is 13. The molecule has 0 bridgehead atoms. The third-order valence-corrected chi connectivity index (χ3v) is 4.51. The molecule has 0 saturated heterocycles. The fourth-order valence-corrected chi connectivity index (χ4v) is 2.99. The molecule has 0 heterocycles. The van der Waals surface area contributed by atoms with Gasteiger partial charge in [0, 0.05) is 6.08 Å². The molecule has 0 aliphatic rings. The van der Waals surface area contributed by atoms with Crippen molar-refractivity contribution in [1.82, 2.24) is 0 Å². The van der Waals surface area contributed by atoms with Gasteiger partial charge in [-0.15, -0.1) is 0 Å². The molecule has 0 aromatic heterocycles. The van der Waals surface area contributed by atoms with E-state index in [1.165, 1.54) is 51.0 Å². The second kappa shape index (κ2) is 16.0. The van der Waals surface area contributed by atoms with Gasteiger partial charge in [0.25, 0.3) is 0 Å². The van der Waals surface area contributed by atoms with Crippen LogP contribution in [0.15, 0.2) is 11.6 Å². The van der Waals surface area contributed by atoms with Crippen molar-refractivity contribution < 1.29 is 12.8 Å². The molecule has 0 aromatic rings.